The van der Waals surface area contributed by atoms with Gasteiger partial charge in [0.05, 0.1) is 22.2 Å². The van der Waals surface area contributed by atoms with Crippen LogP contribution < -0.4 is 11.3 Å². The minimum atomic E-state index is -1.08. The number of nitrogens with zero attached hydrogens (tertiary/aromatic N) is 3. The first kappa shape index (κ1) is 27.2. The summed E-state index contributed by atoms with van der Waals surface area (Å²) >= 11 is 6.45. The Kier molecular flexibility index (Phi) is 8.05. The molecule has 0 spiro atoms. The molecule has 2 atom stereocenters. The van der Waals surface area contributed by atoms with Crippen molar-refractivity contribution in [1.82, 2.24) is 20.3 Å². The molecule has 0 aliphatic carbocycles. The van der Waals surface area contributed by atoms with Gasteiger partial charge in [0, 0.05) is 58.7 Å². The number of hydrogen-bond acceptors (Lipinski definition) is 7. The van der Waals surface area contributed by atoms with E-state index in [1.54, 1.807) is 47.6 Å². The maximum atomic E-state index is 12.9. The van der Waals surface area contributed by atoms with E-state index in [9.17, 15) is 19.8 Å². The third kappa shape index (κ3) is 5.81. The van der Waals surface area contributed by atoms with Crippen LogP contribution in [-0.4, -0.2) is 50.0 Å². The number of amides is 1. The van der Waals surface area contributed by atoms with Crippen molar-refractivity contribution in [2.24, 2.45) is 11.8 Å². The molecule has 5 N–H and O–H groups in total. The van der Waals surface area contributed by atoms with E-state index < -0.39 is 18.1 Å². The second-order valence-corrected chi connectivity index (χ2v) is 9.92. The molecule has 202 valence electrons. The number of fused-ring (bicyclic) bond motifs is 1. The van der Waals surface area contributed by atoms with Gasteiger partial charge in [-0.25, -0.2) is 10.4 Å². The van der Waals surface area contributed by atoms with Crippen LogP contribution in [0.5, 0.6) is 0 Å². The van der Waals surface area contributed by atoms with Crippen molar-refractivity contribution in [1.29, 1.82) is 0 Å². The number of hydrazine groups is 1. The summed E-state index contributed by atoms with van der Waals surface area (Å²) in [5, 5.41) is 20.7. The number of hydrogen-bond donors (Lipinski definition) is 4. The first-order chi connectivity index (χ1) is 19.3. The molecule has 0 radical (unpaired) electrons. The van der Waals surface area contributed by atoms with Gasteiger partial charge in [0.1, 0.15) is 6.23 Å². The SMILES string of the molecule is NNC(O)c1cc(-c2ccc(C#Cc3ccc(C(=O)N4CCCC(C(=O)O)C4)cc3Cl)cc2)nc2ccncc12. The number of piperidine rings is 1. The zero-order valence-corrected chi connectivity index (χ0v) is 22.1. The molecule has 1 saturated heterocycles. The highest BCUT2D eigenvalue weighted by Crippen LogP contribution is 2.28. The molecule has 10 heteroatoms. The van der Waals surface area contributed by atoms with Gasteiger partial charge in [0.15, 0.2) is 0 Å². The van der Waals surface area contributed by atoms with Crippen LogP contribution in [0.1, 0.15) is 46.1 Å². The number of benzene rings is 2. The van der Waals surface area contributed by atoms with E-state index in [-0.39, 0.29) is 12.5 Å². The molecule has 9 nitrogen and oxygen atoms in total. The van der Waals surface area contributed by atoms with Crippen LogP contribution in [0.15, 0.2) is 67.0 Å². The molecule has 1 aliphatic heterocycles. The number of aromatic nitrogens is 2. The molecule has 2 unspecified atom stereocenters. The fraction of sp³-hybridized carbons (Fsp3) is 0.200. The molecule has 1 amide bonds. The quantitative estimate of drug-likeness (QED) is 0.126. The zero-order valence-electron chi connectivity index (χ0n) is 21.3. The second kappa shape index (κ2) is 11.8. The fourth-order valence-corrected chi connectivity index (χ4v) is 4.94. The Morgan fingerprint density at radius 3 is 2.65 bits per heavy atom. The van der Waals surface area contributed by atoms with E-state index in [2.05, 4.69) is 22.3 Å². The monoisotopic (exact) mass is 555 g/mol. The summed E-state index contributed by atoms with van der Waals surface area (Å²) in [6, 6.07) is 16.0. The van der Waals surface area contributed by atoms with Gasteiger partial charge in [-0.3, -0.25) is 20.4 Å². The Balaban J connectivity index is 1.33. The highest BCUT2D eigenvalue weighted by Gasteiger charge is 2.28. The minimum Gasteiger partial charge on any atom is -0.481 e. The third-order valence-electron chi connectivity index (χ3n) is 6.89. The van der Waals surface area contributed by atoms with E-state index in [1.807, 2.05) is 24.3 Å². The molecule has 1 fully saturated rings. The number of carbonyl (C=O) groups is 2. The van der Waals surface area contributed by atoms with Crippen LogP contribution in [0, 0.1) is 17.8 Å². The number of nitrogens with two attached hydrogens (primary N) is 1. The van der Waals surface area contributed by atoms with Crippen molar-refractivity contribution in [2.75, 3.05) is 13.1 Å². The summed E-state index contributed by atoms with van der Waals surface area (Å²) in [6.07, 6.45) is 3.42. The van der Waals surface area contributed by atoms with Crippen molar-refractivity contribution in [3.05, 3.63) is 94.3 Å². The third-order valence-corrected chi connectivity index (χ3v) is 7.20. The number of aliphatic carboxylic acids is 1. The highest BCUT2D eigenvalue weighted by molar-refractivity contribution is 6.32. The van der Waals surface area contributed by atoms with Gasteiger partial charge in [0.25, 0.3) is 5.91 Å². The fourth-order valence-electron chi connectivity index (χ4n) is 4.72. The summed E-state index contributed by atoms with van der Waals surface area (Å²) in [4.78, 5) is 34.6. The number of halogens is 1. The van der Waals surface area contributed by atoms with Gasteiger partial charge >= 0.3 is 5.97 Å². The summed E-state index contributed by atoms with van der Waals surface area (Å²) in [5.41, 5.74) is 6.82. The topological polar surface area (TPSA) is 142 Å². The summed E-state index contributed by atoms with van der Waals surface area (Å²) < 4.78 is 0. The van der Waals surface area contributed by atoms with Crippen molar-refractivity contribution in [3.8, 4) is 23.1 Å². The molecule has 2 aromatic heterocycles. The number of pyridine rings is 2. The van der Waals surface area contributed by atoms with Crippen molar-refractivity contribution < 1.29 is 19.8 Å². The molecular formula is C30H26ClN5O4. The standard InChI is InChI=1S/C30H26ClN5O4/c31-25-14-21(29(38)36-13-1-2-22(17-36)30(39)40)10-9-19(25)6-3-18-4-7-20(8-5-18)27-15-23(28(37)35-32)24-16-33-12-11-26(24)34-27/h4-5,7-12,14-16,22,28,35,37H,1-2,13,17,32H2,(H,39,40). The second-order valence-electron chi connectivity index (χ2n) is 9.51. The molecular weight excluding hydrogens is 530 g/mol. The van der Waals surface area contributed by atoms with Crippen LogP contribution in [0.2, 0.25) is 5.02 Å². The van der Waals surface area contributed by atoms with Gasteiger partial charge in [-0.1, -0.05) is 35.6 Å². The first-order valence-electron chi connectivity index (χ1n) is 12.7. The maximum Gasteiger partial charge on any atom is 0.308 e. The summed E-state index contributed by atoms with van der Waals surface area (Å²) in [5.74, 6) is 9.94. The Labute approximate surface area is 235 Å². The number of aliphatic hydroxyl groups is 1. The molecule has 5 rings (SSSR count). The molecule has 2 aromatic carbocycles. The molecule has 4 aromatic rings. The first-order valence-corrected chi connectivity index (χ1v) is 13.0. The highest BCUT2D eigenvalue weighted by atomic mass is 35.5. The van der Waals surface area contributed by atoms with Crippen LogP contribution in [0.25, 0.3) is 22.2 Å². The smallest absolute Gasteiger partial charge is 0.308 e. The van der Waals surface area contributed by atoms with Gasteiger partial charge < -0.3 is 15.1 Å². The van der Waals surface area contributed by atoms with Crippen LogP contribution in [0.3, 0.4) is 0 Å². The average molecular weight is 556 g/mol. The molecule has 3 heterocycles. The molecule has 0 saturated carbocycles. The van der Waals surface area contributed by atoms with Gasteiger partial charge in [-0.05, 0) is 55.3 Å². The number of nitrogens with one attached hydrogen (secondary N) is 1. The summed E-state index contributed by atoms with van der Waals surface area (Å²) in [7, 11) is 0. The molecule has 40 heavy (non-hydrogen) atoms. The number of carboxylic acid groups (broad SMARTS) is 1. The lowest BCUT2D eigenvalue weighted by Gasteiger charge is -2.30. The van der Waals surface area contributed by atoms with E-state index in [0.717, 1.165) is 11.1 Å². The number of rotatable bonds is 5. The lowest BCUT2D eigenvalue weighted by molar-refractivity contribution is -0.143. The zero-order chi connectivity index (χ0) is 28.2. The molecule has 0 bridgehead atoms. The van der Waals surface area contributed by atoms with E-state index >= 15 is 0 Å². The normalized spacial score (nSPS) is 15.8. The Bertz CT molecular complexity index is 1650. The van der Waals surface area contributed by atoms with Gasteiger partial charge in [-0.15, -0.1) is 0 Å². The minimum absolute atomic E-state index is 0.196. The Hall–Kier alpha value is -4.33. The van der Waals surface area contributed by atoms with E-state index in [0.29, 0.717) is 57.7 Å². The van der Waals surface area contributed by atoms with Crippen LogP contribution >= 0.6 is 11.6 Å². The number of aliphatic hydroxyl groups excluding tert-OH is 1. The van der Waals surface area contributed by atoms with Crippen molar-refractivity contribution in [3.63, 3.8) is 0 Å². The average Bonchev–Trinajstić information content (AvgIpc) is 2.99. The van der Waals surface area contributed by atoms with Crippen LogP contribution in [0.4, 0.5) is 0 Å². The Morgan fingerprint density at radius 1 is 1.12 bits per heavy atom. The van der Waals surface area contributed by atoms with Crippen LogP contribution in [-0.2, 0) is 4.79 Å². The largest absolute Gasteiger partial charge is 0.481 e. The van der Waals surface area contributed by atoms with Gasteiger partial charge in [-0.2, -0.15) is 0 Å². The van der Waals surface area contributed by atoms with E-state index in [4.69, 9.17) is 22.4 Å². The lowest BCUT2D eigenvalue weighted by atomic mass is 9.97. The number of carbonyl (C=O) groups excluding carboxylic acids is 1. The Morgan fingerprint density at radius 2 is 1.93 bits per heavy atom. The number of likely N-dealkylation sites (tertiary alicyclic amines) is 1. The van der Waals surface area contributed by atoms with Crippen molar-refractivity contribution >= 4 is 34.4 Å². The van der Waals surface area contributed by atoms with Crippen molar-refractivity contribution in [2.45, 2.75) is 19.1 Å². The lowest BCUT2D eigenvalue weighted by Crippen LogP contribution is -2.42. The maximum absolute atomic E-state index is 12.9. The van der Waals surface area contributed by atoms with Gasteiger partial charge in [0.2, 0.25) is 0 Å². The predicted molar refractivity (Wildman–Crippen MR) is 151 cm³/mol. The number of carboxylic acids is 1. The van der Waals surface area contributed by atoms with E-state index in [1.165, 1.54) is 0 Å². The predicted octanol–water partition coefficient (Wildman–Crippen LogP) is 3.74. The summed E-state index contributed by atoms with van der Waals surface area (Å²) in [6.45, 7) is 0.719. The molecule has 1 aliphatic rings.